The predicted molar refractivity (Wildman–Crippen MR) is 53.8 cm³/mol. The van der Waals surface area contributed by atoms with Gasteiger partial charge in [0.15, 0.2) is 5.82 Å². The summed E-state index contributed by atoms with van der Waals surface area (Å²) in [6, 6.07) is 1.57. The second-order valence-electron chi connectivity index (χ2n) is 2.43. The van der Waals surface area contributed by atoms with Crippen LogP contribution < -0.4 is 5.32 Å². The monoisotopic (exact) mass is 283 g/mol. The molecule has 1 N–H and O–H groups in total. The van der Waals surface area contributed by atoms with E-state index in [1.165, 1.54) is 0 Å². The van der Waals surface area contributed by atoms with Gasteiger partial charge < -0.3 is 5.32 Å². The van der Waals surface area contributed by atoms with E-state index in [1.807, 2.05) is 0 Å². The van der Waals surface area contributed by atoms with Crippen LogP contribution in [0.25, 0.3) is 0 Å². The predicted octanol–water partition coefficient (Wildman–Crippen LogP) is 2.95. The van der Waals surface area contributed by atoms with Gasteiger partial charge in [0.1, 0.15) is 5.82 Å². The first-order valence-corrected chi connectivity index (χ1v) is 5.05. The Balaban J connectivity index is 3.02. The fourth-order valence-electron chi connectivity index (χ4n) is 0.834. The fourth-order valence-corrected chi connectivity index (χ4v) is 1.22. The van der Waals surface area contributed by atoms with Gasteiger partial charge in [0, 0.05) is 6.07 Å². The molecule has 0 saturated heterocycles. The van der Waals surface area contributed by atoms with Crippen molar-refractivity contribution in [3.8, 4) is 0 Å². The minimum absolute atomic E-state index is 0.0140. The maximum atomic E-state index is 13.1. The van der Waals surface area contributed by atoms with Gasteiger partial charge in [0.2, 0.25) is 5.91 Å². The third-order valence-electron chi connectivity index (χ3n) is 1.39. The van der Waals surface area contributed by atoms with E-state index in [2.05, 4.69) is 21.2 Å². The number of carbonyl (C=O) groups excluding carboxylic acids is 1. The summed E-state index contributed by atoms with van der Waals surface area (Å²) < 4.78 is 25.6. The van der Waals surface area contributed by atoms with Gasteiger partial charge in [-0.2, -0.15) is 0 Å². The van der Waals surface area contributed by atoms with E-state index in [4.69, 9.17) is 11.6 Å². The van der Waals surface area contributed by atoms with Gasteiger partial charge in [-0.1, -0.05) is 27.5 Å². The van der Waals surface area contributed by atoms with Crippen LogP contribution in [0.4, 0.5) is 14.5 Å². The van der Waals surface area contributed by atoms with E-state index in [0.29, 0.717) is 6.07 Å². The van der Waals surface area contributed by atoms with Crippen LogP contribution in [0.5, 0.6) is 0 Å². The summed E-state index contributed by atoms with van der Waals surface area (Å²) in [7, 11) is 0. The van der Waals surface area contributed by atoms with Crippen LogP contribution in [0.2, 0.25) is 5.02 Å². The van der Waals surface area contributed by atoms with Crippen LogP contribution in [-0.4, -0.2) is 11.2 Å². The fraction of sp³-hybridized carbons (Fsp3) is 0.125. The lowest BCUT2D eigenvalue weighted by molar-refractivity contribution is -0.113. The lowest BCUT2D eigenvalue weighted by atomic mass is 10.3. The Morgan fingerprint density at radius 3 is 2.64 bits per heavy atom. The standard InChI is InChI=1S/C8H5BrClF2NO/c9-3-7(14)13-8-5(10)1-4(11)2-6(8)12/h1-2H,3H2,(H,13,14). The van der Waals surface area contributed by atoms with Gasteiger partial charge in [-0.3, -0.25) is 4.79 Å². The summed E-state index contributed by atoms with van der Waals surface area (Å²) in [5.41, 5.74) is -0.211. The molecule has 6 heteroatoms. The van der Waals surface area contributed by atoms with E-state index in [0.717, 1.165) is 6.07 Å². The van der Waals surface area contributed by atoms with Crippen LogP contribution in [0.15, 0.2) is 12.1 Å². The van der Waals surface area contributed by atoms with Crippen molar-refractivity contribution in [2.75, 3.05) is 10.6 Å². The Morgan fingerprint density at radius 1 is 1.50 bits per heavy atom. The maximum absolute atomic E-state index is 13.1. The highest BCUT2D eigenvalue weighted by Gasteiger charge is 2.11. The van der Waals surface area contributed by atoms with Crippen LogP contribution in [-0.2, 0) is 4.79 Å². The zero-order chi connectivity index (χ0) is 10.7. The Kier molecular flexibility index (Phi) is 3.83. The third kappa shape index (κ3) is 2.65. The van der Waals surface area contributed by atoms with Gasteiger partial charge >= 0.3 is 0 Å². The van der Waals surface area contributed by atoms with Gasteiger partial charge in [0.25, 0.3) is 0 Å². The van der Waals surface area contributed by atoms with Crippen molar-refractivity contribution in [1.29, 1.82) is 0 Å². The van der Waals surface area contributed by atoms with E-state index < -0.39 is 17.5 Å². The summed E-state index contributed by atoms with van der Waals surface area (Å²) >= 11 is 8.41. The zero-order valence-corrected chi connectivity index (χ0v) is 9.12. The lowest BCUT2D eigenvalue weighted by Gasteiger charge is -2.06. The second-order valence-corrected chi connectivity index (χ2v) is 3.39. The summed E-state index contributed by atoms with van der Waals surface area (Å²) in [6.07, 6.45) is 0. The molecule has 0 aliphatic carbocycles. The number of benzene rings is 1. The number of alkyl halides is 1. The Morgan fingerprint density at radius 2 is 2.14 bits per heavy atom. The number of rotatable bonds is 2. The van der Waals surface area contributed by atoms with Crippen molar-refractivity contribution in [3.05, 3.63) is 28.8 Å². The van der Waals surface area contributed by atoms with Gasteiger partial charge in [-0.25, -0.2) is 8.78 Å². The molecule has 0 aliphatic heterocycles. The van der Waals surface area contributed by atoms with Gasteiger partial charge in [-0.15, -0.1) is 0 Å². The molecule has 1 aromatic rings. The molecule has 0 aliphatic rings. The minimum atomic E-state index is -0.899. The molecule has 0 spiro atoms. The molecule has 0 radical (unpaired) electrons. The van der Waals surface area contributed by atoms with Crippen LogP contribution >= 0.6 is 27.5 Å². The highest BCUT2D eigenvalue weighted by atomic mass is 79.9. The van der Waals surface area contributed by atoms with Crippen molar-refractivity contribution in [2.24, 2.45) is 0 Å². The van der Waals surface area contributed by atoms with Crippen molar-refractivity contribution < 1.29 is 13.6 Å². The number of carbonyl (C=O) groups is 1. The Bertz CT molecular complexity index is 349. The molecule has 14 heavy (non-hydrogen) atoms. The number of amides is 1. The van der Waals surface area contributed by atoms with E-state index in [9.17, 15) is 13.6 Å². The highest BCUT2D eigenvalue weighted by Crippen LogP contribution is 2.26. The van der Waals surface area contributed by atoms with E-state index in [-0.39, 0.29) is 16.0 Å². The number of anilines is 1. The van der Waals surface area contributed by atoms with Gasteiger partial charge in [0.05, 0.1) is 16.0 Å². The average Bonchev–Trinajstić information content (AvgIpc) is 2.10. The topological polar surface area (TPSA) is 29.1 Å². The second kappa shape index (κ2) is 4.70. The van der Waals surface area contributed by atoms with Crippen molar-refractivity contribution in [3.63, 3.8) is 0 Å². The third-order valence-corrected chi connectivity index (χ3v) is 2.20. The van der Waals surface area contributed by atoms with Crippen LogP contribution in [0.1, 0.15) is 0 Å². The molecule has 1 amide bonds. The highest BCUT2D eigenvalue weighted by molar-refractivity contribution is 9.09. The van der Waals surface area contributed by atoms with Crippen molar-refractivity contribution >= 4 is 39.1 Å². The molecule has 1 aromatic carbocycles. The number of nitrogens with one attached hydrogen (secondary N) is 1. The molecule has 0 unspecified atom stereocenters. The molecule has 0 fully saturated rings. The first-order chi connectivity index (χ1) is 6.54. The molecule has 1 rings (SSSR count). The van der Waals surface area contributed by atoms with Crippen LogP contribution in [0, 0.1) is 11.6 Å². The first kappa shape index (κ1) is 11.4. The summed E-state index contributed by atoms with van der Waals surface area (Å²) in [6.45, 7) is 0. The molecule has 76 valence electrons. The minimum Gasteiger partial charge on any atom is -0.322 e. The smallest absolute Gasteiger partial charge is 0.235 e. The molecule has 0 bridgehead atoms. The first-order valence-electron chi connectivity index (χ1n) is 3.55. The molecule has 0 aromatic heterocycles. The Labute approximate surface area is 92.4 Å². The largest absolute Gasteiger partial charge is 0.322 e. The van der Waals surface area contributed by atoms with E-state index in [1.54, 1.807) is 0 Å². The molecule has 2 nitrogen and oxygen atoms in total. The quantitative estimate of drug-likeness (QED) is 0.831. The summed E-state index contributed by atoms with van der Waals surface area (Å²) in [5, 5.41) is 2.04. The molecule has 0 heterocycles. The molecule has 0 atom stereocenters. The molecular formula is C8H5BrClF2NO. The SMILES string of the molecule is O=C(CBr)Nc1c(F)cc(F)cc1Cl. The van der Waals surface area contributed by atoms with Crippen LogP contribution in [0.3, 0.4) is 0 Å². The Hall–Kier alpha value is -0.680. The lowest BCUT2D eigenvalue weighted by Crippen LogP contribution is -2.14. The number of halogens is 4. The average molecular weight is 284 g/mol. The molecule has 0 saturated carbocycles. The number of hydrogen-bond acceptors (Lipinski definition) is 1. The van der Waals surface area contributed by atoms with E-state index >= 15 is 0 Å². The summed E-state index contributed by atoms with van der Waals surface area (Å²) in [5.74, 6) is -2.15. The zero-order valence-electron chi connectivity index (χ0n) is 6.78. The summed E-state index contributed by atoms with van der Waals surface area (Å²) in [4.78, 5) is 10.9. The molecular weight excluding hydrogens is 279 g/mol. The number of hydrogen-bond donors (Lipinski definition) is 1. The van der Waals surface area contributed by atoms with Gasteiger partial charge in [-0.05, 0) is 6.07 Å². The van der Waals surface area contributed by atoms with Crippen molar-refractivity contribution in [2.45, 2.75) is 0 Å². The normalized spacial score (nSPS) is 10.0. The maximum Gasteiger partial charge on any atom is 0.235 e. The van der Waals surface area contributed by atoms with Crippen molar-refractivity contribution in [1.82, 2.24) is 0 Å².